The molecule has 2 rings (SSSR count). The Morgan fingerprint density at radius 3 is 2.80 bits per heavy atom. The van der Waals surface area contributed by atoms with Gasteiger partial charge in [0.2, 0.25) is 0 Å². The molecule has 0 unspecified atom stereocenters. The minimum absolute atomic E-state index is 0.0949. The number of hydrogen-bond acceptors (Lipinski definition) is 5. The number of nitrogens with one attached hydrogen (secondary N) is 1. The van der Waals surface area contributed by atoms with Crippen LogP contribution < -0.4 is 11.1 Å². The van der Waals surface area contributed by atoms with Crippen LogP contribution in [0.4, 0.5) is 15.8 Å². The van der Waals surface area contributed by atoms with Crippen LogP contribution in [0.2, 0.25) is 0 Å². The smallest absolute Gasteiger partial charge is 0.340 e. The van der Waals surface area contributed by atoms with Gasteiger partial charge in [-0.1, -0.05) is 0 Å². The second-order valence-electron chi connectivity index (χ2n) is 4.88. The van der Waals surface area contributed by atoms with E-state index in [2.05, 4.69) is 11.6 Å². The molecule has 1 saturated carbocycles. The summed E-state index contributed by atoms with van der Waals surface area (Å²) in [5, 5.41) is 3.07. The van der Waals surface area contributed by atoms with Crippen molar-refractivity contribution in [1.29, 1.82) is 0 Å². The van der Waals surface area contributed by atoms with Crippen molar-refractivity contribution in [3.05, 3.63) is 23.5 Å². The molecule has 1 aromatic rings. The maximum atomic E-state index is 13.9. The van der Waals surface area contributed by atoms with Crippen LogP contribution in [-0.2, 0) is 4.74 Å². The Balaban J connectivity index is 2.15. The van der Waals surface area contributed by atoms with Crippen LogP contribution in [-0.4, -0.2) is 30.1 Å². The molecule has 6 heteroatoms. The molecule has 4 nitrogen and oxygen atoms in total. The van der Waals surface area contributed by atoms with Crippen molar-refractivity contribution in [1.82, 2.24) is 0 Å². The molecule has 0 aromatic heterocycles. The molecule has 0 radical (unpaired) electrons. The normalized spacial score (nSPS) is 15.8. The van der Waals surface area contributed by atoms with Crippen molar-refractivity contribution in [3.63, 3.8) is 0 Å². The Labute approximate surface area is 122 Å². The first kappa shape index (κ1) is 15.0. The summed E-state index contributed by atoms with van der Waals surface area (Å²) in [4.78, 5) is 11.7. The molecule has 0 atom stereocenters. The number of halogens is 1. The summed E-state index contributed by atoms with van der Waals surface area (Å²) < 4.78 is 19.0. The van der Waals surface area contributed by atoms with Crippen LogP contribution in [0, 0.1) is 5.82 Å². The standard InChI is InChI=1S/C14H19FN2O2S/c1-3-19-13(18)9-6-12(10(15)7-11(9)16)17-8-14(20-2)4-5-14/h6-7,17H,3-5,8,16H2,1-2H3. The maximum Gasteiger partial charge on any atom is 0.340 e. The van der Waals surface area contributed by atoms with Gasteiger partial charge in [-0.05, 0) is 38.2 Å². The summed E-state index contributed by atoms with van der Waals surface area (Å²) in [6, 6.07) is 2.59. The fourth-order valence-corrected chi connectivity index (χ4v) is 2.69. The van der Waals surface area contributed by atoms with Gasteiger partial charge in [0.05, 0.1) is 17.9 Å². The van der Waals surface area contributed by atoms with Crippen molar-refractivity contribution in [2.24, 2.45) is 0 Å². The van der Waals surface area contributed by atoms with Crippen LogP contribution in [0.1, 0.15) is 30.1 Å². The zero-order chi connectivity index (χ0) is 14.8. The lowest BCUT2D eigenvalue weighted by Gasteiger charge is -2.16. The van der Waals surface area contributed by atoms with Crippen molar-refractivity contribution >= 4 is 29.1 Å². The fourth-order valence-electron chi connectivity index (χ4n) is 1.96. The Hall–Kier alpha value is -1.43. The van der Waals surface area contributed by atoms with E-state index in [1.165, 1.54) is 6.07 Å². The van der Waals surface area contributed by atoms with Gasteiger partial charge in [0, 0.05) is 17.0 Å². The van der Waals surface area contributed by atoms with E-state index in [9.17, 15) is 9.18 Å². The lowest BCUT2D eigenvalue weighted by molar-refractivity contribution is 0.0527. The largest absolute Gasteiger partial charge is 0.462 e. The summed E-state index contributed by atoms with van der Waals surface area (Å²) in [6.07, 6.45) is 4.31. The highest BCUT2D eigenvalue weighted by Gasteiger charge is 2.41. The van der Waals surface area contributed by atoms with Gasteiger partial charge in [-0.25, -0.2) is 9.18 Å². The Kier molecular flexibility index (Phi) is 4.42. The highest BCUT2D eigenvalue weighted by Crippen LogP contribution is 2.47. The minimum Gasteiger partial charge on any atom is -0.462 e. The first-order valence-corrected chi connectivity index (χ1v) is 7.79. The number of ether oxygens (including phenoxy) is 1. The minimum atomic E-state index is -0.529. The van der Waals surface area contributed by atoms with E-state index in [-0.39, 0.29) is 22.6 Å². The topological polar surface area (TPSA) is 64.3 Å². The average Bonchev–Trinajstić information content (AvgIpc) is 3.18. The number of carbonyl (C=O) groups is 1. The Morgan fingerprint density at radius 1 is 1.55 bits per heavy atom. The quantitative estimate of drug-likeness (QED) is 0.624. The van der Waals surface area contributed by atoms with Crippen LogP contribution in [0.25, 0.3) is 0 Å². The first-order chi connectivity index (χ1) is 9.51. The number of esters is 1. The lowest BCUT2D eigenvalue weighted by atomic mass is 10.1. The predicted octanol–water partition coefficient (Wildman–Crippen LogP) is 2.89. The molecule has 1 aromatic carbocycles. The summed E-state index contributed by atoms with van der Waals surface area (Å²) in [6.45, 7) is 2.65. The van der Waals surface area contributed by atoms with Gasteiger partial charge in [-0.2, -0.15) is 11.8 Å². The molecule has 0 amide bonds. The van der Waals surface area contributed by atoms with E-state index >= 15 is 0 Å². The van der Waals surface area contributed by atoms with E-state index in [1.807, 2.05) is 0 Å². The molecule has 0 heterocycles. The molecular formula is C14H19FN2O2S. The molecule has 0 saturated heterocycles. The third-order valence-corrected chi connectivity index (χ3v) is 4.89. The maximum absolute atomic E-state index is 13.9. The van der Waals surface area contributed by atoms with Crippen molar-refractivity contribution in [3.8, 4) is 0 Å². The van der Waals surface area contributed by atoms with Gasteiger partial charge < -0.3 is 15.8 Å². The monoisotopic (exact) mass is 298 g/mol. The van der Waals surface area contributed by atoms with Gasteiger partial charge in [-0.15, -0.1) is 0 Å². The van der Waals surface area contributed by atoms with Gasteiger partial charge >= 0.3 is 5.97 Å². The zero-order valence-corrected chi connectivity index (χ0v) is 12.5. The van der Waals surface area contributed by atoms with Crippen LogP contribution in [0.3, 0.4) is 0 Å². The third kappa shape index (κ3) is 3.17. The zero-order valence-electron chi connectivity index (χ0n) is 11.7. The van der Waals surface area contributed by atoms with Crippen molar-refractivity contribution in [2.75, 3.05) is 30.5 Å². The molecule has 0 bridgehead atoms. The highest BCUT2D eigenvalue weighted by molar-refractivity contribution is 8.00. The number of hydrogen-bond donors (Lipinski definition) is 2. The summed E-state index contributed by atoms with van der Waals surface area (Å²) in [5.74, 6) is -0.980. The van der Waals surface area contributed by atoms with E-state index in [4.69, 9.17) is 10.5 Å². The molecule has 1 aliphatic carbocycles. The van der Waals surface area contributed by atoms with Gasteiger partial charge in [0.25, 0.3) is 0 Å². The number of carbonyl (C=O) groups excluding carboxylic acids is 1. The predicted molar refractivity (Wildman–Crippen MR) is 80.7 cm³/mol. The number of rotatable bonds is 6. The summed E-state index contributed by atoms with van der Waals surface area (Å²) in [5.41, 5.74) is 6.26. The molecule has 1 fully saturated rings. The molecular weight excluding hydrogens is 279 g/mol. The summed E-state index contributed by atoms with van der Waals surface area (Å²) >= 11 is 1.78. The van der Waals surface area contributed by atoms with Crippen LogP contribution in [0.5, 0.6) is 0 Å². The van der Waals surface area contributed by atoms with E-state index in [0.29, 0.717) is 12.2 Å². The SMILES string of the molecule is CCOC(=O)c1cc(NCC2(SC)CC2)c(F)cc1N. The average molecular weight is 298 g/mol. The molecule has 3 N–H and O–H groups in total. The summed E-state index contributed by atoms with van der Waals surface area (Å²) in [7, 11) is 0. The van der Waals surface area contributed by atoms with Gasteiger partial charge in [0.15, 0.2) is 0 Å². The second-order valence-corrected chi connectivity index (χ2v) is 6.15. The fraction of sp³-hybridized carbons (Fsp3) is 0.500. The third-order valence-electron chi connectivity index (χ3n) is 3.48. The molecule has 1 aliphatic rings. The number of nitrogen functional groups attached to an aromatic ring is 1. The highest BCUT2D eigenvalue weighted by atomic mass is 32.2. The number of nitrogens with two attached hydrogens (primary N) is 1. The van der Waals surface area contributed by atoms with Gasteiger partial charge in [-0.3, -0.25) is 0 Å². The molecule has 0 spiro atoms. The molecule has 110 valence electrons. The number of thioether (sulfide) groups is 1. The van der Waals surface area contributed by atoms with Crippen molar-refractivity contribution < 1.29 is 13.9 Å². The molecule has 20 heavy (non-hydrogen) atoms. The Morgan fingerprint density at radius 2 is 2.25 bits per heavy atom. The first-order valence-electron chi connectivity index (χ1n) is 6.56. The van der Waals surface area contributed by atoms with Gasteiger partial charge in [0.1, 0.15) is 5.82 Å². The van der Waals surface area contributed by atoms with E-state index in [0.717, 1.165) is 18.9 Å². The van der Waals surface area contributed by atoms with Crippen molar-refractivity contribution in [2.45, 2.75) is 24.5 Å². The Bertz CT molecular complexity index is 518. The van der Waals surface area contributed by atoms with Crippen LogP contribution in [0.15, 0.2) is 12.1 Å². The second kappa shape index (κ2) is 5.91. The van der Waals surface area contributed by atoms with E-state index in [1.54, 1.807) is 18.7 Å². The number of anilines is 2. The van der Waals surface area contributed by atoms with Crippen LogP contribution >= 0.6 is 11.8 Å². The number of benzene rings is 1. The molecule has 0 aliphatic heterocycles. The van der Waals surface area contributed by atoms with E-state index < -0.39 is 11.8 Å². The lowest BCUT2D eigenvalue weighted by Crippen LogP contribution is -2.19.